The zero-order chi connectivity index (χ0) is 29.7. The number of hydrogen-bond acceptors (Lipinski definition) is 6. The van der Waals surface area contributed by atoms with Crippen molar-refractivity contribution in [3.8, 4) is 16.9 Å². The number of sulfonamides is 1. The lowest BCUT2D eigenvalue weighted by molar-refractivity contribution is -0.141. The van der Waals surface area contributed by atoms with Crippen molar-refractivity contribution in [3.63, 3.8) is 0 Å². The van der Waals surface area contributed by atoms with E-state index in [9.17, 15) is 31.2 Å². The maximum absolute atomic E-state index is 13.4. The van der Waals surface area contributed by atoms with E-state index in [-0.39, 0.29) is 47.4 Å². The third-order valence-electron chi connectivity index (χ3n) is 5.54. The Labute approximate surface area is 228 Å². The number of halogens is 3. The van der Waals surface area contributed by atoms with E-state index in [1.54, 1.807) is 24.3 Å². The average molecular weight is 580 g/mol. The monoisotopic (exact) mass is 579 g/mol. The number of aliphatic imine (C=N–C) groups is 1. The molecule has 3 rings (SSSR count). The Hall–Kier alpha value is -4.40. The van der Waals surface area contributed by atoms with Gasteiger partial charge in [-0.15, -0.1) is 0 Å². The normalized spacial score (nSPS) is 12.4. The quantitative estimate of drug-likeness (QED) is 0.211. The lowest BCUT2D eigenvalue weighted by atomic mass is 10.1. The summed E-state index contributed by atoms with van der Waals surface area (Å²) in [5, 5.41) is 6.19. The van der Waals surface area contributed by atoms with Gasteiger partial charge in [0.15, 0.2) is 11.7 Å². The molecule has 0 aliphatic rings. The largest absolute Gasteiger partial charge is 0.435 e. The van der Waals surface area contributed by atoms with Crippen LogP contribution in [0.2, 0.25) is 0 Å². The molecular formula is C25H28F3N7O4S. The van der Waals surface area contributed by atoms with Crippen molar-refractivity contribution in [2.24, 2.45) is 16.5 Å². The number of benzene rings is 2. The first kappa shape index (κ1) is 30.1. The van der Waals surface area contributed by atoms with Crippen LogP contribution in [-0.2, 0) is 25.8 Å². The van der Waals surface area contributed by atoms with Gasteiger partial charge in [0.1, 0.15) is 6.17 Å². The molecular weight excluding hydrogens is 551 g/mol. The van der Waals surface area contributed by atoms with E-state index < -0.39 is 34.0 Å². The molecule has 0 aliphatic carbocycles. The minimum Gasteiger partial charge on any atom is -0.370 e. The Morgan fingerprint density at radius 3 is 2.25 bits per heavy atom. The Kier molecular flexibility index (Phi) is 9.19. The Morgan fingerprint density at radius 2 is 1.70 bits per heavy atom. The molecule has 1 atom stereocenters. The van der Waals surface area contributed by atoms with Gasteiger partial charge >= 0.3 is 6.18 Å². The second-order valence-electron chi connectivity index (χ2n) is 8.88. The van der Waals surface area contributed by atoms with E-state index in [1.807, 2.05) is 11.6 Å². The Balaban J connectivity index is 1.75. The van der Waals surface area contributed by atoms with E-state index >= 15 is 0 Å². The minimum absolute atomic E-state index is 0.157. The molecule has 2 amide bonds. The fraction of sp³-hybridized carbons (Fsp3) is 0.280. The van der Waals surface area contributed by atoms with E-state index in [0.29, 0.717) is 5.56 Å². The summed E-state index contributed by atoms with van der Waals surface area (Å²) in [6.07, 6.45) is -5.34. The lowest BCUT2D eigenvalue weighted by Gasteiger charge is -2.13. The first-order valence-corrected chi connectivity index (χ1v) is 13.4. The van der Waals surface area contributed by atoms with E-state index in [1.165, 1.54) is 19.1 Å². The summed E-state index contributed by atoms with van der Waals surface area (Å²) in [5.41, 5.74) is 11.3. The SMILES string of the molecule is CC(=O)NC(CCCC(=O)NS(=O)(=O)c1ccc(-n2nc(C(F)(F)F)cc2-c2ccc(C)cc2)cc1)N=C(N)N. The molecule has 0 spiro atoms. The number of amides is 2. The van der Waals surface area contributed by atoms with E-state index in [0.717, 1.165) is 28.4 Å². The van der Waals surface area contributed by atoms with Crippen molar-refractivity contribution in [2.45, 2.75) is 50.3 Å². The highest BCUT2D eigenvalue weighted by Crippen LogP contribution is 2.33. The smallest absolute Gasteiger partial charge is 0.370 e. The molecule has 1 aromatic heterocycles. The van der Waals surface area contributed by atoms with E-state index in [2.05, 4.69) is 15.4 Å². The fourth-order valence-electron chi connectivity index (χ4n) is 3.71. The van der Waals surface area contributed by atoms with Crippen LogP contribution < -0.4 is 21.5 Å². The Bertz CT molecular complexity index is 1500. The van der Waals surface area contributed by atoms with Gasteiger partial charge in [-0.05, 0) is 50.1 Å². The summed E-state index contributed by atoms with van der Waals surface area (Å²) in [4.78, 5) is 27.1. The average Bonchev–Trinajstić information content (AvgIpc) is 3.30. The van der Waals surface area contributed by atoms with Crippen LogP contribution >= 0.6 is 0 Å². The predicted molar refractivity (Wildman–Crippen MR) is 141 cm³/mol. The van der Waals surface area contributed by atoms with Crippen molar-refractivity contribution in [1.82, 2.24) is 19.8 Å². The van der Waals surface area contributed by atoms with Gasteiger partial charge in [-0.25, -0.2) is 22.8 Å². The molecule has 0 saturated heterocycles. The summed E-state index contributed by atoms with van der Waals surface area (Å²) in [6, 6.07) is 12.6. The number of aromatic nitrogens is 2. The molecule has 2 aromatic carbocycles. The van der Waals surface area contributed by atoms with Crippen LogP contribution in [0.15, 0.2) is 64.5 Å². The molecule has 0 bridgehead atoms. The topological polar surface area (TPSA) is 175 Å². The van der Waals surface area contributed by atoms with Gasteiger partial charge in [0.05, 0.1) is 16.3 Å². The number of carbonyl (C=O) groups excluding carboxylic acids is 2. The van der Waals surface area contributed by atoms with Gasteiger partial charge in [-0.3, -0.25) is 9.59 Å². The lowest BCUT2D eigenvalue weighted by Crippen LogP contribution is -2.36. The number of rotatable bonds is 10. The van der Waals surface area contributed by atoms with Crippen molar-refractivity contribution >= 4 is 27.8 Å². The van der Waals surface area contributed by atoms with Gasteiger partial charge in [-0.1, -0.05) is 29.8 Å². The van der Waals surface area contributed by atoms with Gasteiger partial charge < -0.3 is 16.8 Å². The third kappa shape index (κ3) is 8.05. The number of alkyl halides is 3. The standard InChI is InChI=1S/C25H28F3N7O4S/c1-15-6-8-17(9-7-15)20-14-21(25(26,27)28)33-35(20)18-10-12-19(13-11-18)40(38,39)34-23(37)5-3-4-22(31-16(2)36)32-24(29)30/h6-14,22H,3-5H2,1-2H3,(H,31,36)(H,34,37)(H4,29,30,32). The zero-order valence-electron chi connectivity index (χ0n) is 21.6. The van der Waals surface area contributed by atoms with Crippen molar-refractivity contribution < 1.29 is 31.2 Å². The molecule has 40 heavy (non-hydrogen) atoms. The number of nitrogens with zero attached hydrogens (tertiary/aromatic N) is 3. The molecule has 15 heteroatoms. The highest BCUT2D eigenvalue weighted by Gasteiger charge is 2.35. The van der Waals surface area contributed by atoms with Crippen LogP contribution in [0.3, 0.4) is 0 Å². The van der Waals surface area contributed by atoms with Gasteiger partial charge in [0.2, 0.25) is 11.8 Å². The molecule has 214 valence electrons. The van der Waals surface area contributed by atoms with Crippen LogP contribution in [0.1, 0.15) is 37.4 Å². The second-order valence-corrected chi connectivity index (χ2v) is 10.6. The second kappa shape index (κ2) is 12.2. The van der Waals surface area contributed by atoms with Crippen molar-refractivity contribution in [3.05, 3.63) is 65.9 Å². The molecule has 0 saturated carbocycles. The number of carbonyl (C=O) groups is 2. The van der Waals surface area contributed by atoms with Crippen LogP contribution in [0.5, 0.6) is 0 Å². The molecule has 6 N–H and O–H groups in total. The number of aryl methyl sites for hydroxylation is 1. The van der Waals surface area contributed by atoms with Gasteiger partial charge in [0.25, 0.3) is 10.0 Å². The predicted octanol–water partition coefficient (Wildman–Crippen LogP) is 2.58. The summed E-state index contributed by atoms with van der Waals surface area (Å²) in [5.74, 6) is -1.45. The summed E-state index contributed by atoms with van der Waals surface area (Å²) < 4.78 is 68.7. The molecule has 3 aromatic rings. The van der Waals surface area contributed by atoms with Crippen LogP contribution in [0.4, 0.5) is 13.2 Å². The first-order chi connectivity index (χ1) is 18.7. The molecule has 0 radical (unpaired) electrons. The third-order valence-corrected chi connectivity index (χ3v) is 6.93. The summed E-state index contributed by atoms with van der Waals surface area (Å²) >= 11 is 0. The number of guanidine groups is 1. The number of nitrogens with two attached hydrogens (primary N) is 2. The van der Waals surface area contributed by atoms with Gasteiger partial charge in [0, 0.05) is 18.9 Å². The highest BCUT2D eigenvalue weighted by molar-refractivity contribution is 7.90. The molecule has 0 fully saturated rings. The molecule has 0 aliphatic heterocycles. The minimum atomic E-state index is -4.69. The van der Waals surface area contributed by atoms with Crippen LogP contribution in [0, 0.1) is 6.92 Å². The van der Waals surface area contributed by atoms with Crippen LogP contribution in [-0.4, -0.2) is 42.1 Å². The van der Waals surface area contributed by atoms with E-state index in [4.69, 9.17) is 11.5 Å². The fourth-order valence-corrected chi connectivity index (χ4v) is 4.73. The number of hydrogen-bond donors (Lipinski definition) is 4. The highest BCUT2D eigenvalue weighted by atomic mass is 32.2. The van der Waals surface area contributed by atoms with Crippen LogP contribution in [0.25, 0.3) is 16.9 Å². The summed E-state index contributed by atoms with van der Waals surface area (Å²) in [7, 11) is -4.28. The van der Waals surface area contributed by atoms with Crippen molar-refractivity contribution in [1.29, 1.82) is 0 Å². The maximum Gasteiger partial charge on any atom is 0.435 e. The molecule has 11 nitrogen and oxygen atoms in total. The zero-order valence-corrected chi connectivity index (χ0v) is 22.4. The maximum atomic E-state index is 13.4. The first-order valence-electron chi connectivity index (χ1n) is 11.9. The number of nitrogens with one attached hydrogen (secondary N) is 2. The van der Waals surface area contributed by atoms with Crippen molar-refractivity contribution in [2.75, 3.05) is 0 Å². The summed E-state index contributed by atoms with van der Waals surface area (Å²) in [6.45, 7) is 3.11. The molecule has 1 heterocycles. The Morgan fingerprint density at radius 1 is 1.07 bits per heavy atom. The molecule has 1 unspecified atom stereocenters. The van der Waals surface area contributed by atoms with Gasteiger partial charge in [-0.2, -0.15) is 18.3 Å².